The first kappa shape index (κ1) is 17.7. The fourth-order valence-electron chi connectivity index (χ4n) is 2.72. The highest BCUT2D eigenvalue weighted by atomic mass is 19.1. The van der Waals surface area contributed by atoms with Gasteiger partial charge in [-0.05, 0) is 47.5 Å². The lowest BCUT2D eigenvalue weighted by Gasteiger charge is -2.15. The average molecular weight is 353 g/mol. The summed E-state index contributed by atoms with van der Waals surface area (Å²) in [5, 5.41) is 4.96. The molecule has 0 fully saturated rings. The van der Waals surface area contributed by atoms with Gasteiger partial charge in [0.1, 0.15) is 5.75 Å². The van der Waals surface area contributed by atoms with Crippen molar-refractivity contribution < 1.29 is 18.7 Å². The lowest BCUT2D eigenvalue weighted by atomic mass is 10.1. The highest BCUT2D eigenvalue weighted by molar-refractivity contribution is 5.84. The number of carbonyl (C=O) groups is 1. The van der Waals surface area contributed by atoms with Crippen LogP contribution >= 0.6 is 0 Å². The Morgan fingerprint density at radius 3 is 2.58 bits per heavy atom. The Bertz CT molecular complexity index is 926. The number of amides is 1. The molecule has 4 nitrogen and oxygen atoms in total. The molecule has 26 heavy (non-hydrogen) atoms. The van der Waals surface area contributed by atoms with Gasteiger partial charge in [0.25, 0.3) is 5.91 Å². The fraction of sp³-hybridized carbons (Fsp3) is 0.190. The van der Waals surface area contributed by atoms with Crippen LogP contribution in [0, 0.1) is 5.82 Å². The summed E-state index contributed by atoms with van der Waals surface area (Å²) < 4.78 is 24.2. The Labute approximate surface area is 151 Å². The van der Waals surface area contributed by atoms with Gasteiger partial charge in [-0.15, -0.1) is 0 Å². The summed E-state index contributed by atoms with van der Waals surface area (Å²) >= 11 is 0. The molecule has 1 amide bonds. The number of hydrogen-bond acceptors (Lipinski definition) is 3. The zero-order valence-corrected chi connectivity index (χ0v) is 14.7. The van der Waals surface area contributed by atoms with Crippen LogP contribution in [0.2, 0.25) is 0 Å². The van der Waals surface area contributed by atoms with Crippen molar-refractivity contribution in [3.63, 3.8) is 0 Å². The van der Waals surface area contributed by atoms with E-state index < -0.39 is 5.82 Å². The van der Waals surface area contributed by atoms with Crippen LogP contribution in [0.15, 0.2) is 60.7 Å². The third kappa shape index (κ3) is 4.11. The largest absolute Gasteiger partial charge is 0.494 e. The molecule has 0 unspecified atom stereocenters. The number of nitrogens with one attached hydrogen (secondary N) is 1. The van der Waals surface area contributed by atoms with Gasteiger partial charge in [0.05, 0.1) is 13.2 Å². The molecule has 0 aliphatic carbocycles. The van der Waals surface area contributed by atoms with Crippen molar-refractivity contribution >= 4 is 16.7 Å². The van der Waals surface area contributed by atoms with Gasteiger partial charge in [-0.2, -0.15) is 0 Å². The van der Waals surface area contributed by atoms with Gasteiger partial charge >= 0.3 is 0 Å². The van der Waals surface area contributed by atoms with Crippen molar-refractivity contribution in [2.45, 2.75) is 13.0 Å². The van der Waals surface area contributed by atoms with E-state index in [4.69, 9.17) is 9.47 Å². The summed E-state index contributed by atoms with van der Waals surface area (Å²) in [6, 6.07) is 17.9. The van der Waals surface area contributed by atoms with Crippen molar-refractivity contribution in [3.8, 4) is 11.5 Å². The highest BCUT2D eigenvalue weighted by Gasteiger charge is 2.13. The SMILES string of the molecule is COc1ccc([C@H](C)NC(=O)COc2ccc3ccccc3c2)cc1F. The molecule has 3 aromatic carbocycles. The number of hydrogen-bond donors (Lipinski definition) is 1. The van der Waals surface area contributed by atoms with E-state index in [1.165, 1.54) is 13.2 Å². The summed E-state index contributed by atoms with van der Waals surface area (Å²) in [4.78, 5) is 12.1. The topological polar surface area (TPSA) is 47.6 Å². The Hall–Kier alpha value is -3.08. The first-order chi connectivity index (χ1) is 12.6. The van der Waals surface area contributed by atoms with Gasteiger partial charge in [-0.1, -0.05) is 36.4 Å². The summed E-state index contributed by atoms with van der Waals surface area (Å²) in [5.41, 5.74) is 0.655. The molecule has 1 N–H and O–H groups in total. The number of benzene rings is 3. The van der Waals surface area contributed by atoms with Crippen LogP contribution in [0.25, 0.3) is 10.8 Å². The molecule has 0 aliphatic rings. The van der Waals surface area contributed by atoms with Crippen LogP contribution in [0.3, 0.4) is 0 Å². The predicted molar refractivity (Wildman–Crippen MR) is 99.0 cm³/mol. The lowest BCUT2D eigenvalue weighted by Crippen LogP contribution is -2.31. The Kier molecular flexibility index (Phi) is 5.37. The molecular formula is C21H20FNO3. The second-order valence-corrected chi connectivity index (χ2v) is 5.98. The van der Waals surface area contributed by atoms with E-state index in [9.17, 15) is 9.18 Å². The standard InChI is InChI=1S/C21H20FNO3/c1-14(16-8-10-20(25-2)19(22)12-16)23-21(24)13-26-18-9-7-15-5-3-4-6-17(15)11-18/h3-12,14H,13H2,1-2H3,(H,23,24)/t14-/m0/s1. The number of ether oxygens (including phenoxy) is 2. The van der Waals surface area contributed by atoms with E-state index in [1.54, 1.807) is 19.1 Å². The molecule has 5 heteroatoms. The second kappa shape index (κ2) is 7.87. The summed E-state index contributed by atoms with van der Waals surface area (Å²) in [5.74, 6) is 0.0642. The Balaban J connectivity index is 1.58. The minimum atomic E-state index is -0.460. The maximum absolute atomic E-state index is 13.8. The smallest absolute Gasteiger partial charge is 0.258 e. The molecular weight excluding hydrogens is 333 g/mol. The first-order valence-electron chi connectivity index (χ1n) is 8.31. The van der Waals surface area contributed by atoms with Crippen LogP contribution < -0.4 is 14.8 Å². The van der Waals surface area contributed by atoms with E-state index in [2.05, 4.69) is 5.32 Å². The minimum absolute atomic E-state index is 0.110. The lowest BCUT2D eigenvalue weighted by molar-refractivity contribution is -0.123. The van der Waals surface area contributed by atoms with Gasteiger partial charge < -0.3 is 14.8 Å². The molecule has 0 aromatic heterocycles. The van der Waals surface area contributed by atoms with Crippen molar-refractivity contribution in [1.82, 2.24) is 5.32 Å². The number of halogens is 1. The molecule has 0 bridgehead atoms. The minimum Gasteiger partial charge on any atom is -0.494 e. The summed E-state index contributed by atoms with van der Waals surface area (Å²) in [6.45, 7) is 1.68. The maximum atomic E-state index is 13.8. The van der Waals surface area contributed by atoms with E-state index in [0.29, 0.717) is 11.3 Å². The normalized spacial score (nSPS) is 11.8. The van der Waals surface area contributed by atoms with Crippen LogP contribution in [-0.4, -0.2) is 19.6 Å². The molecule has 3 rings (SSSR count). The van der Waals surface area contributed by atoms with Crippen LogP contribution in [0.1, 0.15) is 18.5 Å². The molecule has 0 heterocycles. The van der Waals surface area contributed by atoms with Gasteiger partial charge in [0, 0.05) is 0 Å². The molecule has 1 atom stereocenters. The molecule has 0 radical (unpaired) electrons. The first-order valence-corrected chi connectivity index (χ1v) is 8.31. The number of methoxy groups -OCH3 is 1. The monoisotopic (exact) mass is 353 g/mol. The maximum Gasteiger partial charge on any atom is 0.258 e. The molecule has 0 aliphatic heterocycles. The zero-order valence-electron chi connectivity index (χ0n) is 14.7. The van der Waals surface area contributed by atoms with E-state index in [1.807, 2.05) is 42.5 Å². The van der Waals surface area contributed by atoms with Crippen molar-refractivity contribution in [1.29, 1.82) is 0 Å². The molecule has 134 valence electrons. The van der Waals surface area contributed by atoms with Crippen molar-refractivity contribution in [2.24, 2.45) is 0 Å². The molecule has 0 saturated carbocycles. The second-order valence-electron chi connectivity index (χ2n) is 5.98. The predicted octanol–water partition coefficient (Wildman–Crippen LogP) is 4.24. The van der Waals surface area contributed by atoms with Gasteiger partial charge in [0.2, 0.25) is 0 Å². The Morgan fingerprint density at radius 1 is 1.08 bits per heavy atom. The third-order valence-corrected chi connectivity index (χ3v) is 4.14. The zero-order chi connectivity index (χ0) is 18.5. The van der Waals surface area contributed by atoms with E-state index in [-0.39, 0.29) is 24.3 Å². The number of fused-ring (bicyclic) bond motifs is 1. The van der Waals surface area contributed by atoms with Crippen LogP contribution in [0.5, 0.6) is 11.5 Å². The van der Waals surface area contributed by atoms with Gasteiger partial charge in [-0.3, -0.25) is 4.79 Å². The van der Waals surface area contributed by atoms with Crippen LogP contribution in [-0.2, 0) is 4.79 Å². The highest BCUT2D eigenvalue weighted by Crippen LogP contribution is 2.22. The number of carbonyl (C=O) groups excluding carboxylic acids is 1. The van der Waals surface area contributed by atoms with Crippen LogP contribution in [0.4, 0.5) is 4.39 Å². The third-order valence-electron chi connectivity index (χ3n) is 4.14. The van der Waals surface area contributed by atoms with Crippen molar-refractivity contribution in [2.75, 3.05) is 13.7 Å². The Morgan fingerprint density at radius 2 is 1.85 bits per heavy atom. The van der Waals surface area contributed by atoms with E-state index in [0.717, 1.165) is 10.8 Å². The average Bonchev–Trinajstić information content (AvgIpc) is 2.66. The van der Waals surface area contributed by atoms with Gasteiger partial charge in [-0.25, -0.2) is 4.39 Å². The molecule has 0 saturated heterocycles. The van der Waals surface area contributed by atoms with E-state index >= 15 is 0 Å². The molecule has 3 aromatic rings. The summed E-state index contributed by atoms with van der Waals surface area (Å²) in [6.07, 6.45) is 0. The quantitative estimate of drug-likeness (QED) is 0.721. The van der Waals surface area contributed by atoms with Crippen molar-refractivity contribution in [3.05, 3.63) is 72.0 Å². The van der Waals surface area contributed by atoms with Gasteiger partial charge in [0.15, 0.2) is 18.2 Å². The number of rotatable bonds is 6. The fourth-order valence-corrected chi connectivity index (χ4v) is 2.72. The molecule has 0 spiro atoms. The summed E-state index contributed by atoms with van der Waals surface area (Å²) in [7, 11) is 1.41.